The maximum absolute atomic E-state index is 12.4. The highest BCUT2D eigenvalue weighted by Gasteiger charge is 2.25. The molecule has 1 saturated heterocycles. The molecule has 1 atom stereocenters. The number of benzene rings is 2. The molecule has 1 N–H and O–H groups in total. The number of carbonyl (C=O) groups is 1. The molecule has 0 unspecified atom stereocenters. The number of likely N-dealkylation sites (tertiary alicyclic amines) is 1. The Morgan fingerprint density at radius 3 is 2.35 bits per heavy atom. The summed E-state index contributed by atoms with van der Waals surface area (Å²) in [5.41, 5.74) is 2.47. The van der Waals surface area contributed by atoms with Gasteiger partial charge in [0.1, 0.15) is 0 Å². The monoisotopic (exact) mass is 308 g/mol. The van der Waals surface area contributed by atoms with Gasteiger partial charge in [-0.3, -0.25) is 9.69 Å². The molecule has 1 fully saturated rings. The first-order valence-corrected chi connectivity index (χ1v) is 8.39. The summed E-state index contributed by atoms with van der Waals surface area (Å²) < 4.78 is 0. The molecule has 0 bridgehead atoms. The van der Waals surface area contributed by atoms with Crippen LogP contribution in [-0.2, 0) is 17.9 Å². The predicted octanol–water partition coefficient (Wildman–Crippen LogP) is 3.22. The van der Waals surface area contributed by atoms with Crippen molar-refractivity contribution < 1.29 is 4.79 Å². The molecule has 23 heavy (non-hydrogen) atoms. The van der Waals surface area contributed by atoms with Gasteiger partial charge in [0.05, 0.1) is 5.92 Å². The van der Waals surface area contributed by atoms with Crippen LogP contribution in [0.25, 0.3) is 0 Å². The lowest BCUT2D eigenvalue weighted by molar-refractivity contribution is -0.126. The topological polar surface area (TPSA) is 32.3 Å². The van der Waals surface area contributed by atoms with Gasteiger partial charge in [-0.25, -0.2) is 0 Å². The van der Waals surface area contributed by atoms with Gasteiger partial charge < -0.3 is 5.32 Å². The van der Waals surface area contributed by atoms with E-state index in [1.807, 2.05) is 36.4 Å². The lowest BCUT2D eigenvalue weighted by atomic mass is 9.96. The van der Waals surface area contributed by atoms with Gasteiger partial charge in [-0.15, -0.1) is 0 Å². The summed E-state index contributed by atoms with van der Waals surface area (Å²) in [6.07, 6.45) is 2.09. The van der Waals surface area contributed by atoms with Crippen LogP contribution in [0.1, 0.15) is 24.0 Å². The minimum atomic E-state index is 0.108. The number of carbonyl (C=O) groups excluding carboxylic acids is 1. The van der Waals surface area contributed by atoms with Crippen LogP contribution < -0.4 is 5.32 Å². The first kappa shape index (κ1) is 15.8. The van der Waals surface area contributed by atoms with E-state index in [1.165, 1.54) is 5.56 Å². The number of hydrogen-bond donors (Lipinski definition) is 1. The first-order chi connectivity index (χ1) is 11.3. The zero-order valence-electron chi connectivity index (χ0n) is 13.4. The second-order valence-electron chi connectivity index (χ2n) is 6.26. The Morgan fingerprint density at radius 2 is 1.65 bits per heavy atom. The smallest absolute Gasteiger partial charge is 0.224 e. The van der Waals surface area contributed by atoms with Gasteiger partial charge in [-0.2, -0.15) is 0 Å². The van der Waals surface area contributed by atoms with E-state index in [0.717, 1.165) is 38.0 Å². The molecule has 1 heterocycles. The highest BCUT2D eigenvalue weighted by atomic mass is 16.1. The van der Waals surface area contributed by atoms with Crippen LogP contribution in [0.4, 0.5) is 0 Å². The highest BCUT2D eigenvalue weighted by molar-refractivity contribution is 5.78. The van der Waals surface area contributed by atoms with Crippen LogP contribution >= 0.6 is 0 Å². The van der Waals surface area contributed by atoms with Crippen molar-refractivity contribution in [3.05, 3.63) is 71.8 Å². The van der Waals surface area contributed by atoms with Crippen LogP contribution in [0.15, 0.2) is 60.7 Å². The third-order valence-electron chi connectivity index (χ3n) is 4.43. The minimum Gasteiger partial charge on any atom is -0.352 e. The van der Waals surface area contributed by atoms with Crippen LogP contribution in [0.2, 0.25) is 0 Å². The molecule has 0 aromatic heterocycles. The van der Waals surface area contributed by atoms with Gasteiger partial charge >= 0.3 is 0 Å². The van der Waals surface area contributed by atoms with Crippen molar-refractivity contribution in [3.8, 4) is 0 Å². The molecule has 1 aliphatic heterocycles. The van der Waals surface area contributed by atoms with E-state index in [-0.39, 0.29) is 11.8 Å². The number of piperidine rings is 1. The maximum Gasteiger partial charge on any atom is 0.224 e. The fraction of sp³-hybridized carbons (Fsp3) is 0.350. The molecule has 2 aromatic rings. The molecule has 2 aromatic carbocycles. The molecular formula is C20H24N2O. The lowest BCUT2D eigenvalue weighted by Crippen LogP contribution is -2.42. The van der Waals surface area contributed by atoms with Gasteiger partial charge in [0, 0.05) is 19.6 Å². The van der Waals surface area contributed by atoms with E-state index in [2.05, 4.69) is 34.5 Å². The molecule has 0 aliphatic carbocycles. The zero-order valence-corrected chi connectivity index (χ0v) is 13.4. The minimum absolute atomic E-state index is 0.108. The molecular weight excluding hydrogens is 284 g/mol. The van der Waals surface area contributed by atoms with Crippen molar-refractivity contribution in [2.24, 2.45) is 5.92 Å². The van der Waals surface area contributed by atoms with Crippen LogP contribution in [-0.4, -0.2) is 23.9 Å². The Morgan fingerprint density at radius 1 is 1.00 bits per heavy atom. The summed E-state index contributed by atoms with van der Waals surface area (Å²) in [6, 6.07) is 20.6. The third-order valence-corrected chi connectivity index (χ3v) is 4.43. The Hall–Kier alpha value is -2.13. The van der Waals surface area contributed by atoms with Gasteiger partial charge in [0.2, 0.25) is 5.91 Å². The van der Waals surface area contributed by atoms with Gasteiger partial charge in [-0.05, 0) is 30.5 Å². The Bertz CT molecular complexity index is 612. The van der Waals surface area contributed by atoms with Crippen molar-refractivity contribution in [3.63, 3.8) is 0 Å². The van der Waals surface area contributed by atoms with E-state index >= 15 is 0 Å². The molecule has 0 spiro atoms. The van der Waals surface area contributed by atoms with E-state index < -0.39 is 0 Å². The summed E-state index contributed by atoms with van der Waals surface area (Å²) in [5, 5.41) is 3.09. The van der Waals surface area contributed by atoms with Gasteiger partial charge in [0.25, 0.3) is 0 Å². The molecule has 0 saturated carbocycles. The average molecular weight is 308 g/mol. The predicted molar refractivity (Wildman–Crippen MR) is 92.7 cm³/mol. The number of nitrogens with zero attached hydrogens (tertiary/aromatic N) is 1. The Kier molecular flexibility index (Phi) is 5.43. The second kappa shape index (κ2) is 7.93. The molecule has 1 amide bonds. The van der Waals surface area contributed by atoms with E-state index in [9.17, 15) is 4.79 Å². The highest BCUT2D eigenvalue weighted by Crippen LogP contribution is 2.19. The summed E-state index contributed by atoms with van der Waals surface area (Å²) in [5.74, 6) is 0.294. The van der Waals surface area contributed by atoms with Gasteiger partial charge in [0.15, 0.2) is 0 Å². The van der Waals surface area contributed by atoms with Crippen LogP contribution in [0, 0.1) is 5.92 Å². The summed E-state index contributed by atoms with van der Waals surface area (Å²) >= 11 is 0. The van der Waals surface area contributed by atoms with Crippen molar-refractivity contribution >= 4 is 5.91 Å². The first-order valence-electron chi connectivity index (χ1n) is 8.39. The van der Waals surface area contributed by atoms with E-state index in [1.54, 1.807) is 0 Å². The molecule has 120 valence electrons. The maximum atomic E-state index is 12.4. The van der Waals surface area contributed by atoms with E-state index in [4.69, 9.17) is 0 Å². The van der Waals surface area contributed by atoms with Crippen molar-refractivity contribution in [1.82, 2.24) is 10.2 Å². The van der Waals surface area contributed by atoms with Crippen molar-refractivity contribution in [2.45, 2.75) is 25.9 Å². The number of nitrogens with one attached hydrogen (secondary N) is 1. The Labute approximate surface area is 138 Å². The fourth-order valence-electron chi connectivity index (χ4n) is 3.18. The van der Waals surface area contributed by atoms with Crippen LogP contribution in [0.5, 0.6) is 0 Å². The summed E-state index contributed by atoms with van der Waals surface area (Å²) in [6.45, 7) is 3.49. The molecule has 1 aliphatic rings. The second-order valence-corrected chi connectivity index (χ2v) is 6.26. The number of rotatable bonds is 5. The molecule has 3 nitrogen and oxygen atoms in total. The number of hydrogen-bond acceptors (Lipinski definition) is 2. The van der Waals surface area contributed by atoms with Crippen molar-refractivity contribution in [1.29, 1.82) is 0 Å². The van der Waals surface area contributed by atoms with Crippen LogP contribution in [0.3, 0.4) is 0 Å². The average Bonchev–Trinajstić information content (AvgIpc) is 2.62. The number of amides is 1. The SMILES string of the molecule is O=C(NCc1ccccc1)[C@H]1CCCN(Cc2ccccc2)C1. The van der Waals surface area contributed by atoms with E-state index in [0.29, 0.717) is 6.54 Å². The quantitative estimate of drug-likeness (QED) is 0.920. The fourth-order valence-corrected chi connectivity index (χ4v) is 3.18. The largest absolute Gasteiger partial charge is 0.352 e. The van der Waals surface area contributed by atoms with Crippen molar-refractivity contribution in [2.75, 3.05) is 13.1 Å². The summed E-state index contributed by atoms with van der Waals surface area (Å²) in [7, 11) is 0. The standard InChI is InChI=1S/C20H24N2O/c23-20(21-14-17-8-3-1-4-9-17)19-12-7-13-22(16-19)15-18-10-5-2-6-11-18/h1-6,8-11,19H,7,12-16H2,(H,21,23)/t19-/m0/s1. The zero-order chi connectivity index (χ0) is 15.9. The summed E-state index contributed by atoms with van der Waals surface area (Å²) in [4.78, 5) is 14.8. The lowest BCUT2D eigenvalue weighted by Gasteiger charge is -2.32. The third kappa shape index (κ3) is 4.67. The molecule has 3 rings (SSSR count). The molecule has 0 radical (unpaired) electrons. The normalized spacial score (nSPS) is 18.5. The Balaban J connectivity index is 1.50. The molecule has 3 heteroatoms. The van der Waals surface area contributed by atoms with Gasteiger partial charge in [-0.1, -0.05) is 60.7 Å².